The maximum atomic E-state index is 11.6. The van der Waals surface area contributed by atoms with Crippen molar-refractivity contribution in [3.63, 3.8) is 0 Å². The molecule has 1 fully saturated rings. The zero-order chi connectivity index (χ0) is 16.2. The Balaban J connectivity index is 1.65. The van der Waals surface area contributed by atoms with Crippen LogP contribution in [0.2, 0.25) is 0 Å². The van der Waals surface area contributed by atoms with E-state index in [2.05, 4.69) is 25.6 Å². The summed E-state index contributed by atoms with van der Waals surface area (Å²) in [6.45, 7) is 0. The molecule has 1 heterocycles. The number of carbonyl (C=O) groups is 2. The predicted molar refractivity (Wildman–Crippen MR) is 84.4 cm³/mol. The average Bonchev–Trinajstić information content (AvgIpc) is 3.41. The Kier molecular flexibility index (Phi) is 4.18. The molecule has 0 bridgehead atoms. The van der Waals surface area contributed by atoms with Gasteiger partial charge in [-0.2, -0.15) is 0 Å². The molecule has 7 nitrogen and oxygen atoms in total. The number of carbonyl (C=O) groups excluding carboxylic acids is 2. The Morgan fingerprint density at radius 2 is 1.87 bits per heavy atom. The number of methoxy groups -OCH3 is 1. The molecule has 0 saturated heterocycles. The highest BCUT2D eigenvalue weighted by molar-refractivity contribution is 5.93. The van der Waals surface area contributed by atoms with Gasteiger partial charge in [-0.05, 0) is 43.2 Å². The Hall–Kier alpha value is -2.96. The lowest BCUT2D eigenvalue weighted by atomic mass is 10.2. The third kappa shape index (κ3) is 3.82. The summed E-state index contributed by atoms with van der Waals surface area (Å²) in [5.41, 5.74) is 1.13. The van der Waals surface area contributed by atoms with Gasteiger partial charge < -0.3 is 15.4 Å². The fourth-order valence-corrected chi connectivity index (χ4v) is 2.03. The molecule has 0 spiro atoms. The molecule has 1 saturated carbocycles. The lowest BCUT2D eigenvalue weighted by molar-refractivity contribution is -0.117. The monoisotopic (exact) mass is 312 g/mol. The molecule has 1 aromatic carbocycles. The zero-order valence-corrected chi connectivity index (χ0v) is 12.6. The fourth-order valence-electron chi connectivity index (χ4n) is 2.03. The standard InChI is InChI=1S/C16H16N4O3/c1-23-16(22)11-3-2-4-12(9-11)17-13-7-8-14(20-19-13)18-15(21)10-5-6-10/h2-4,7-10H,5-6H2,1H3,(H,17,19)(H,18,20,21). The number of hydrogen-bond acceptors (Lipinski definition) is 6. The van der Waals surface area contributed by atoms with Gasteiger partial charge in [-0.1, -0.05) is 6.07 Å². The number of amides is 1. The van der Waals surface area contributed by atoms with Gasteiger partial charge in [0, 0.05) is 11.6 Å². The largest absolute Gasteiger partial charge is 0.465 e. The first-order valence-corrected chi connectivity index (χ1v) is 7.26. The smallest absolute Gasteiger partial charge is 0.337 e. The lowest BCUT2D eigenvalue weighted by Gasteiger charge is -2.07. The molecule has 1 aliphatic carbocycles. The lowest BCUT2D eigenvalue weighted by Crippen LogP contribution is -2.14. The Bertz CT molecular complexity index is 726. The van der Waals surface area contributed by atoms with Gasteiger partial charge in [-0.15, -0.1) is 10.2 Å². The van der Waals surface area contributed by atoms with Gasteiger partial charge in [-0.25, -0.2) is 4.79 Å². The van der Waals surface area contributed by atoms with E-state index in [1.54, 1.807) is 36.4 Å². The van der Waals surface area contributed by atoms with Crippen LogP contribution in [-0.4, -0.2) is 29.2 Å². The summed E-state index contributed by atoms with van der Waals surface area (Å²) < 4.78 is 4.68. The molecule has 3 rings (SSSR count). The van der Waals surface area contributed by atoms with E-state index < -0.39 is 5.97 Å². The van der Waals surface area contributed by atoms with E-state index in [0.717, 1.165) is 12.8 Å². The van der Waals surface area contributed by atoms with Crippen LogP contribution in [-0.2, 0) is 9.53 Å². The molecular weight excluding hydrogens is 296 g/mol. The van der Waals surface area contributed by atoms with Crippen LogP contribution in [0.3, 0.4) is 0 Å². The molecule has 2 aromatic rings. The normalized spacial score (nSPS) is 13.3. The second-order valence-corrected chi connectivity index (χ2v) is 5.26. The number of ether oxygens (including phenoxy) is 1. The van der Waals surface area contributed by atoms with Crippen molar-refractivity contribution in [1.82, 2.24) is 10.2 Å². The van der Waals surface area contributed by atoms with Crippen LogP contribution < -0.4 is 10.6 Å². The number of anilines is 3. The number of benzene rings is 1. The number of nitrogens with one attached hydrogen (secondary N) is 2. The molecule has 1 amide bonds. The van der Waals surface area contributed by atoms with E-state index in [4.69, 9.17) is 0 Å². The van der Waals surface area contributed by atoms with E-state index in [9.17, 15) is 9.59 Å². The van der Waals surface area contributed by atoms with Crippen molar-refractivity contribution in [2.24, 2.45) is 5.92 Å². The highest BCUT2D eigenvalue weighted by Crippen LogP contribution is 2.29. The Morgan fingerprint density at radius 1 is 1.13 bits per heavy atom. The number of hydrogen-bond donors (Lipinski definition) is 2. The van der Waals surface area contributed by atoms with Crippen molar-refractivity contribution in [3.8, 4) is 0 Å². The van der Waals surface area contributed by atoms with E-state index in [1.807, 2.05) is 0 Å². The summed E-state index contributed by atoms with van der Waals surface area (Å²) in [4.78, 5) is 23.1. The molecule has 23 heavy (non-hydrogen) atoms. The fraction of sp³-hybridized carbons (Fsp3) is 0.250. The first kappa shape index (κ1) is 15.0. The first-order valence-electron chi connectivity index (χ1n) is 7.26. The second-order valence-electron chi connectivity index (χ2n) is 5.26. The van der Waals surface area contributed by atoms with Crippen molar-refractivity contribution in [2.75, 3.05) is 17.7 Å². The minimum atomic E-state index is -0.405. The van der Waals surface area contributed by atoms with Crippen LogP contribution in [0.25, 0.3) is 0 Å². The quantitative estimate of drug-likeness (QED) is 0.823. The van der Waals surface area contributed by atoms with Gasteiger partial charge in [0.15, 0.2) is 11.6 Å². The molecule has 7 heteroatoms. The van der Waals surface area contributed by atoms with Crippen LogP contribution in [0.1, 0.15) is 23.2 Å². The van der Waals surface area contributed by atoms with Gasteiger partial charge in [0.25, 0.3) is 0 Å². The maximum Gasteiger partial charge on any atom is 0.337 e. The molecule has 0 atom stereocenters. The third-order valence-electron chi connectivity index (χ3n) is 3.42. The van der Waals surface area contributed by atoms with Crippen LogP contribution in [0.15, 0.2) is 36.4 Å². The number of rotatable bonds is 5. The van der Waals surface area contributed by atoms with Crippen LogP contribution in [0.5, 0.6) is 0 Å². The highest BCUT2D eigenvalue weighted by Gasteiger charge is 2.29. The minimum absolute atomic E-state index is 0.00853. The molecular formula is C16H16N4O3. The summed E-state index contributed by atoms with van der Waals surface area (Å²) in [7, 11) is 1.34. The summed E-state index contributed by atoms with van der Waals surface area (Å²) >= 11 is 0. The molecule has 1 aliphatic rings. The summed E-state index contributed by atoms with van der Waals surface area (Å²) in [5, 5.41) is 13.7. The van der Waals surface area contributed by atoms with Crippen LogP contribution in [0, 0.1) is 5.92 Å². The van der Waals surface area contributed by atoms with Gasteiger partial charge in [0.2, 0.25) is 5.91 Å². The highest BCUT2D eigenvalue weighted by atomic mass is 16.5. The van der Waals surface area contributed by atoms with E-state index in [-0.39, 0.29) is 11.8 Å². The van der Waals surface area contributed by atoms with Crippen molar-refractivity contribution in [1.29, 1.82) is 0 Å². The predicted octanol–water partition coefficient (Wildman–Crippen LogP) is 2.36. The minimum Gasteiger partial charge on any atom is -0.465 e. The molecule has 118 valence electrons. The second kappa shape index (κ2) is 6.43. The maximum absolute atomic E-state index is 11.6. The molecule has 1 aromatic heterocycles. The number of esters is 1. The molecule has 0 radical (unpaired) electrons. The summed E-state index contributed by atoms with van der Waals surface area (Å²) in [5.74, 6) is 0.645. The average molecular weight is 312 g/mol. The van der Waals surface area contributed by atoms with Gasteiger partial charge in [0.05, 0.1) is 12.7 Å². The van der Waals surface area contributed by atoms with Gasteiger partial charge in [-0.3, -0.25) is 4.79 Å². The summed E-state index contributed by atoms with van der Waals surface area (Å²) in [6, 6.07) is 10.3. The molecule has 0 aliphatic heterocycles. The van der Waals surface area contributed by atoms with Crippen LogP contribution in [0.4, 0.5) is 17.3 Å². The summed E-state index contributed by atoms with van der Waals surface area (Å²) in [6.07, 6.45) is 1.88. The van der Waals surface area contributed by atoms with Crippen LogP contribution >= 0.6 is 0 Å². The van der Waals surface area contributed by atoms with E-state index in [1.165, 1.54) is 7.11 Å². The zero-order valence-electron chi connectivity index (χ0n) is 12.6. The van der Waals surface area contributed by atoms with Crippen molar-refractivity contribution in [3.05, 3.63) is 42.0 Å². The van der Waals surface area contributed by atoms with Gasteiger partial charge >= 0.3 is 5.97 Å². The Labute approximate surface area is 133 Å². The van der Waals surface area contributed by atoms with E-state index >= 15 is 0 Å². The topological polar surface area (TPSA) is 93.2 Å². The molecule has 0 unspecified atom stereocenters. The van der Waals surface area contributed by atoms with Crippen molar-refractivity contribution < 1.29 is 14.3 Å². The molecule has 2 N–H and O–H groups in total. The van der Waals surface area contributed by atoms with Crippen molar-refractivity contribution in [2.45, 2.75) is 12.8 Å². The van der Waals surface area contributed by atoms with Crippen molar-refractivity contribution >= 4 is 29.2 Å². The first-order chi connectivity index (χ1) is 11.2. The van der Waals surface area contributed by atoms with Gasteiger partial charge in [0.1, 0.15) is 0 Å². The Morgan fingerprint density at radius 3 is 2.52 bits per heavy atom. The SMILES string of the molecule is COC(=O)c1cccc(Nc2ccc(NC(=O)C3CC3)nn2)c1. The number of aromatic nitrogens is 2. The number of nitrogens with zero attached hydrogens (tertiary/aromatic N) is 2. The van der Waals surface area contributed by atoms with E-state index in [0.29, 0.717) is 22.9 Å². The third-order valence-corrected chi connectivity index (χ3v) is 3.42.